The second-order valence-corrected chi connectivity index (χ2v) is 5.63. The van der Waals surface area contributed by atoms with Crippen LogP contribution in [0, 0.1) is 5.82 Å². The maximum absolute atomic E-state index is 13.0. The molecule has 0 fully saturated rings. The van der Waals surface area contributed by atoms with Crippen molar-refractivity contribution in [1.29, 1.82) is 0 Å². The highest BCUT2D eigenvalue weighted by Gasteiger charge is 2.31. The van der Waals surface area contributed by atoms with Gasteiger partial charge in [-0.25, -0.2) is 9.18 Å². The van der Waals surface area contributed by atoms with E-state index in [2.05, 4.69) is 16.0 Å². The zero-order chi connectivity index (χ0) is 18.0. The number of phenolic OH excluding ortho intramolecular Hbond substituents is 1. The number of halogens is 1. The minimum atomic E-state index is -0.721. The molecule has 1 aliphatic rings. The van der Waals surface area contributed by atoms with E-state index >= 15 is 0 Å². The minimum absolute atomic E-state index is 0.0289. The molecule has 0 bridgehead atoms. The molecule has 4 N–H and O–H groups in total. The number of anilines is 1. The van der Waals surface area contributed by atoms with Gasteiger partial charge in [0, 0.05) is 11.4 Å². The van der Waals surface area contributed by atoms with Gasteiger partial charge in [-0.3, -0.25) is 4.79 Å². The zero-order valence-corrected chi connectivity index (χ0v) is 13.3. The van der Waals surface area contributed by atoms with Gasteiger partial charge in [0.25, 0.3) is 5.91 Å². The highest BCUT2D eigenvalue weighted by Crippen LogP contribution is 2.29. The molecule has 3 amide bonds. The summed E-state index contributed by atoms with van der Waals surface area (Å²) < 4.78 is 13.0. The molecule has 25 heavy (non-hydrogen) atoms. The Morgan fingerprint density at radius 3 is 2.60 bits per heavy atom. The van der Waals surface area contributed by atoms with Crippen LogP contribution < -0.4 is 16.0 Å². The first kappa shape index (κ1) is 16.5. The summed E-state index contributed by atoms with van der Waals surface area (Å²) in [5, 5.41) is 17.6. The molecular formula is C18H16FN3O3. The Bertz CT molecular complexity index is 862. The van der Waals surface area contributed by atoms with Gasteiger partial charge >= 0.3 is 6.03 Å². The summed E-state index contributed by atoms with van der Waals surface area (Å²) in [6.07, 6.45) is 0. The van der Waals surface area contributed by atoms with E-state index in [9.17, 15) is 19.1 Å². The number of benzene rings is 2. The molecule has 0 radical (unpaired) electrons. The molecule has 2 aromatic rings. The molecule has 0 aliphatic carbocycles. The van der Waals surface area contributed by atoms with E-state index < -0.39 is 23.8 Å². The molecule has 0 unspecified atom stereocenters. The number of aromatic hydroxyl groups is 1. The molecule has 0 spiro atoms. The monoisotopic (exact) mass is 341 g/mol. The fraction of sp³-hybridized carbons (Fsp3) is 0.111. The van der Waals surface area contributed by atoms with Crippen molar-refractivity contribution >= 4 is 17.6 Å². The summed E-state index contributed by atoms with van der Waals surface area (Å²) in [6, 6.07) is 10.5. The Morgan fingerprint density at radius 2 is 1.92 bits per heavy atom. The summed E-state index contributed by atoms with van der Waals surface area (Å²) in [6.45, 7) is 1.62. The van der Waals surface area contributed by atoms with Crippen LogP contribution >= 0.6 is 0 Å². The predicted octanol–water partition coefficient (Wildman–Crippen LogP) is 2.80. The van der Waals surface area contributed by atoms with Gasteiger partial charge in [0.2, 0.25) is 0 Å². The van der Waals surface area contributed by atoms with Crippen LogP contribution in [0.1, 0.15) is 18.5 Å². The lowest BCUT2D eigenvalue weighted by Gasteiger charge is -2.28. The van der Waals surface area contributed by atoms with Gasteiger partial charge in [0.05, 0.1) is 11.6 Å². The molecule has 2 aromatic carbocycles. The van der Waals surface area contributed by atoms with E-state index in [4.69, 9.17) is 0 Å². The van der Waals surface area contributed by atoms with Crippen LogP contribution in [0.2, 0.25) is 0 Å². The number of rotatable bonds is 3. The number of phenols is 1. The lowest BCUT2D eigenvalue weighted by Crippen LogP contribution is -2.45. The third-order valence-corrected chi connectivity index (χ3v) is 3.82. The SMILES string of the molecule is CC1=C(C(=O)Nc2ccc(F)cc2)[C@H](c2cccc(O)c2)NC(=O)N1. The first-order valence-electron chi connectivity index (χ1n) is 7.58. The Balaban J connectivity index is 1.94. The second kappa shape index (κ2) is 6.64. The molecule has 7 heteroatoms. The van der Waals surface area contributed by atoms with Gasteiger partial charge in [0.1, 0.15) is 11.6 Å². The lowest BCUT2D eigenvalue weighted by molar-refractivity contribution is -0.113. The van der Waals surface area contributed by atoms with E-state index in [1.54, 1.807) is 19.1 Å². The maximum atomic E-state index is 13.0. The van der Waals surface area contributed by atoms with Crippen LogP contribution in [-0.4, -0.2) is 17.0 Å². The molecule has 6 nitrogen and oxygen atoms in total. The van der Waals surface area contributed by atoms with E-state index in [0.29, 0.717) is 22.5 Å². The van der Waals surface area contributed by atoms with Crippen LogP contribution in [0.25, 0.3) is 0 Å². The standard InChI is InChI=1S/C18H16FN3O3/c1-10-15(17(24)21-13-7-5-12(19)6-8-13)16(22-18(25)20-10)11-3-2-4-14(23)9-11/h2-9,16,23H,1H3,(H,21,24)(H2,20,22,25)/t16-/m0/s1. The van der Waals surface area contributed by atoms with Crippen molar-refractivity contribution in [3.8, 4) is 5.75 Å². The maximum Gasteiger partial charge on any atom is 0.319 e. The molecule has 0 saturated heterocycles. The smallest absolute Gasteiger partial charge is 0.319 e. The van der Waals surface area contributed by atoms with Gasteiger partial charge in [-0.05, 0) is 48.9 Å². The van der Waals surface area contributed by atoms with Gasteiger partial charge in [0.15, 0.2) is 0 Å². The highest BCUT2D eigenvalue weighted by atomic mass is 19.1. The summed E-state index contributed by atoms with van der Waals surface area (Å²) in [5.41, 5.74) is 1.70. The average molecular weight is 341 g/mol. The predicted molar refractivity (Wildman–Crippen MR) is 90.2 cm³/mol. The van der Waals surface area contributed by atoms with Gasteiger partial charge in [-0.2, -0.15) is 0 Å². The summed E-state index contributed by atoms with van der Waals surface area (Å²) in [4.78, 5) is 24.5. The fourth-order valence-electron chi connectivity index (χ4n) is 2.68. The van der Waals surface area contributed by atoms with E-state index in [1.807, 2.05) is 0 Å². The van der Waals surface area contributed by atoms with E-state index in [1.165, 1.54) is 36.4 Å². The quantitative estimate of drug-likeness (QED) is 0.692. The Morgan fingerprint density at radius 1 is 1.20 bits per heavy atom. The Hall–Kier alpha value is -3.35. The second-order valence-electron chi connectivity index (χ2n) is 5.63. The molecule has 3 rings (SSSR count). The average Bonchev–Trinajstić information content (AvgIpc) is 2.56. The van der Waals surface area contributed by atoms with Crippen molar-refractivity contribution in [2.24, 2.45) is 0 Å². The molecule has 1 aliphatic heterocycles. The van der Waals surface area contributed by atoms with Crippen molar-refractivity contribution < 1.29 is 19.1 Å². The number of carbonyl (C=O) groups excluding carboxylic acids is 2. The lowest BCUT2D eigenvalue weighted by atomic mass is 9.94. The van der Waals surface area contributed by atoms with Gasteiger partial charge in [-0.15, -0.1) is 0 Å². The molecule has 1 atom stereocenters. The highest BCUT2D eigenvalue weighted by molar-refractivity contribution is 6.06. The zero-order valence-electron chi connectivity index (χ0n) is 13.3. The van der Waals surface area contributed by atoms with E-state index in [-0.39, 0.29) is 5.75 Å². The number of hydrogen-bond donors (Lipinski definition) is 4. The topological polar surface area (TPSA) is 90.5 Å². The fourth-order valence-corrected chi connectivity index (χ4v) is 2.68. The first-order valence-corrected chi connectivity index (χ1v) is 7.58. The van der Waals surface area contributed by atoms with Crippen LogP contribution in [0.4, 0.5) is 14.9 Å². The normalized spacial score (nSPS) is 16.9. The number of carbonyl (C=O) groups is 2. The molecule has 1 heterocycles. The summed E-state index contributed by atoms with van der Waals surface area (Å²) in [5.74, 6) is -0.816. The van der Waals surface area contributed by atoms with Gasteiger partial charge < -0.3 is 21.1 Å². The molecular weight excluding hydrogens is 325 g/mol. The third kappa shape index (κ3) is 3.60. The van der Waals surface area contributed by atoms with Crippen molar-refractivity contribution in [1.82, 2.24) is 10.6 Å². The number of allylic oxidation sites excluding steroid dienone is 1. The molecule has 0 aromatic heterocycles. The largest absolute Gasteiger partial charge is 0.508 e. The number of nitrogens with one attached hydrogen (secondary N) is 3. The Labute approximate surface area is 143 Å². The van der Waals surface area contributed by atoms with Crippen molar-refractivity contribution in [3.05, 3.63) is 71.2 Å². The van der Waals surface area contributed by atoms with Crippen LogP contribution in [0.3, 0.4) is 0 Å². The van der Waals surface area contributed by atoms with Crippen molar-refractivity contribution in [3.63, 3.8) is 0 Å². The number of hydrogen-bond acceptors (Lipinski definition) is 3. The van der Waals surface area contributed by atoms with Crippen LogP contribution in [-0.2, 0) is 4.79 Å². The van der Waals surface area contributed by atoms with Crippen molar-refractivity contribution in [2.75, 3.05) is 5.32 Å². The van der Waals surface area contributed by atoms with Gasteiger partial charge in [-0.1, -0.05) is 12.1 Å². The first-order chi connectivity index (χ1) is 11.9. The Kier molecular flexibility index (Phi) is 4.38. The van der Waals surface area contributed by atoms with Crippen molar-refractivity contribution in [2.45, 2.75) is 13.0 Å². The summed E-state index contributed by atoms with van der Waals surface area (Å²) in [7, 11) is 0. The number of amides is 3. The van der Waals surface area contributed by atoms with Crippen LogP contribution in [0.5, 0.6) is 5.75 Å². The number of urea groups is 1. The van der Waals surface area contributed by atoms with E-state index in [0.717, 1.165) is 0 Å². The third-order valence-electron chi connectivity index (χ3n) is 3.82. The summed E-state index contributed by atoms with van der Waals surface area (Å²) >= 11 is 0. The minimum Gasteiger partial charge on any atom is -0.508 e. The van der Waals surface area contributed by atoms with Crippen LogP contribution in [0.15, 0.2) is 59.8 Å². The molecule has 0 saturated carbocycles. The molecule has 128 valence electrons.